The van der Waals surface area contributed by atoms with Gasteiger partial charge in [-0.25, -0.2) is 4.98 Å². The number of aliphatic hydroxyl groups excluding tert-OH is 1. The second-order valence-electron chi connectivity index (χ2n) is 9.85. The fourth-order valence-corrected chi connectivity index (χ4v) is 4.35. The zero-order valence-corrected chi connectivity index (χ0v) is 22.4. The fourth-order valence-electron chi connectivity index (χ4n) is 4.35. The van der Waals surface area contributed by atoms with Crippen LogP contribution in [0.4, 0.5) is 5.82 Å². The lowest BCUT2D eigenvalue weighted by atomic mass is 9.99. The minimum Gasteiger partial charge on any atom is -0.395 e. The second kappa shape index (κ2) is 12.6. The number of aryl methyl sites for hydroxylation is 2. The van der Waals surface area contributed by atoms with Gasteiger partial charge in [-0.3, -0.25) is 14.4 Å². The minimum absolute atomic E-state index is 0.00492. The van der Waals surface area contributed by atoms with Gasteiger partial charge >= 0.3 is 0 Å². The van der Waals surface area contributed by atoms with Crippen LogP contribution in [0.25, 0.3) is 5.57 Å². The Labute approximate surface area is 222 Å². The normalized spacial score (nSPS) is 14.2. The highest BCUT2D eigenvalue weighted by Gasteiger charge is 2.23. The molecule has 0 aromatic carbocycles. The van der Waals surface area contributed by atoms with Crippen LogP contribution in [0.1, 0.15) is 65.1 Å². The molecule has 38 heavy (non-hydrogen) atoms. The molecule has 3 heterocycles. The second-order valence-corrected chi connectivity index (χ2v) is 9.85. The molecule has 2 amide bonds. The van der Waals surface area contributed by atoms with Crippen LogP contribution in [0.15, 0.2) is 23.0 Å². The highest BCUT2D eigenvalue weighted by Crippen LogP contribution is 2.27. The van der Waals surface area contributed by atoms with Gasteiger partial charge in [-0.2, -0.15) is 0 Å². The number of aromatic nitrogens is 2. The van der Waals surface area contributed by atoms with Crippen molar-refractivity contribution in [2.75, 3.05) is 25.0 Å². The number of nitrogens with two attached hydrogens (primary N) is 1. The third kappa shape index (κ3) is 6.93. The van der Waals surface area contributed by atoms with Crippen molar-refractivity contribution in [3.05, 3.63) is 62.2 Å². The van der Waals surface area contributed by atoms with Crippen LogP contribution in [0.2, 0.25) is 0 Å². The zero-order valence-electron chi connectivity index (χ0n) is 22.4. The minimum atomic E-state index is -0.590. The van der Waals surface area contributed by atoms with E-state index in [1.807, 2.05) is 32.9 Å². The molecule has 11 nitrogen and oxygen atoms in total. The smallest absolute Gasteiger partial charge is 0.253 e. The standard InChI is InChI=1S/C27H37N7O4/c1-15(2)31-25-21(12-28)20(26(37)30-13-22-16(3)9-17(4)32-27(22)38)11-23(33-25)18-5-7-34(8-6-18)24(36)10-19(29)14-35/h5,9,11-12,15,19,28,35H,6-8,10,13-14,29H2,1-4H3,(H,30,37)(H,31,33)(H,32,38). The third-order valence-electron chi connectivity index (χ3n) is 6.35. The number of hydrogen-bond acceptors (Lipinski definition) is 8. The van der Waals surface area contributed by atoms with Crippen LogP contribution >= 0.6 is 0 Å². The van der Waals surface area contributed by atoms with Crippen molar-refractivity contribution < 1.29 is 14.7 Å². The average Bonchev–Trinajstić information content (AvgIpc) is 2.87. The summed E-state index contributed by atoms with van der Waals surface area (Å²) < 4.78 is 0. The molecular formula is C27H37N7O4. The first kappa shape index (κ1) is 28.7. The molecule has 2 aromatic rings. The number of pyridine rings is 2. The third-order valence-corrected chi connectivity index (χ3v) is 6.35. The summed E-state index contributed by atoms with van der Waals surface area (Å²) in [6.45, 7) is 8.11. The van der Waals surface area contributed by atoms with Crippen LogP contribution in [0.3, 0.4) is 0 Å². The summed E-state index contributed by atoms with van der Waals surface area (Å²) in [5.41, 5.74) is 9.52. The molecule has 1 unspecified atom stereocenters. The lowest BCUT2D eigenvalue weighted by Crippen LogP contribution is -2.39. The summed E-state index contributed by atoms with van der Waals surface area (Å²) in [5.74, 6) is -0.141. The first-order valence-electron chi connectivity index (χ1n) is 12.7. The number of amides is 2. The molecule has 0 bridgehead atoms. The average molecular weight is 524 g/mol. The Balaban J connectivity index is 1.90. The van der Waals surface area contributed by atoms with Gasteiger partial charge in [-0.15, -0.1) is 0 Å². The number of hydrogen-bond donors (Lipinski definition) is 6. The maximum absolute atomic E-state index is 13.3. The molecule has 204 valence electrons. The molecule has 1 aliphatic heterocycles. The maximum atomic E-state index is 13.3. The molecular weight excluding hydrogens is 486 g/mol. The van der Waals surface area contributed by atoms with Gasteiger partial charge in [0.25, 0.3) is 11.5 Å². The summed E-state index contributed by atoms with van der Waals surface area (Å²) in [7, 11) is 0. The number of rotatable bonds is 10. The number of aromatic amines is 1. The van der Waals surface area contributed by atoms with E-state index < -0.39 is 11.9 Å². The number of carbonyl (C=O) groups is 2. The molecule has 0 saturated carbocycles. The van der Waals surface area contributed by atoms with Gasteiger partial charge in [0.1, 0.15) is 5.82 Å². The largest absolute Gasteiger partial charge is 0.395 e. The highest BCUT2D eigenvalue weighted by atomic mass is 16.3. The summed E-state index contributed by atoms with van der Waals surface area (Å²) in [5, 5.41) is 23.2. The number of carbonyl (C=O) groups excluding carboxylic acids is 2. The van der Waals surface area contributed by atoms with Crippen LogP contribution in [-0.2, 0) is 11.3 Å². The van der Waals surface area contributed by atoms with Crippen molar-refractivity contribution in [1.29, 1.82) is 5.41 Å². The predicted molar refractivity (Wildman–Crippen MR) is 147 cm³/mol. The van der Waals surface area contributed by atoms with Crippen LogP contribution < -0.4 is 21.9 Å². The van der Waals surface area contributed by atoms with Crippen molar-refractivity contribution in [3.8, 4) is 0 Å². The van der Waals surface area contributed by atoms with Gasteiger partial charge < -0.3 is 36.8 Å². The van der Waals surface area contributed by atoms with Crippen molar-refractivity contribution in [1.82, 2.24) is 20.2 Å². The van der Waals surface area contributed by atoms with E-state index in [0.717, 1.165) is 23.0 Å². The molecule has 7 N–H and O–H groups in total. The number of aliphatic hydroxyl groups is 1. The van der Waals surface area contributed by atoms with Crippen LogP contribution in [0, 0.1) is 19.3 Å². The monoisotopic (exact) mass is 523 g/mol. The summed E-state index contributed by atoms with van der Waals surface area (Å²) in [4.78, 5) is 47.3. The molecule has 0 aliphatic carbocycles. The van der Waals surface area contributed by atoms with E-state index in [9.17, 15) is 14.4 Å². The Hall–Kier alpha value is -3.83. The molecule has 3 rings (SSSR count). The number of nitrogens with one attached hydrogen (secondary N) is 4. The maximum Gasteiger partial charge on any atom is 0.253 e. The van der Waals surface area contributed by atoms with Crippen LogP contribution in [0.5, 0.6) is 0 Å². The first-order valence-corrected chi connectivity index (χ1v) is 12.7. The number of nitrogens with zero attached hydrogens (tertiary/aromatic N) is 2. The van der Waals surface area contributed by atoms with E-state index >= 15 is 0 Å². The SMILES string of the molecule is Cc1cc(C)c(CNC(=O)c2cc(C3=CCN(C(=O)CC(N)CO)CC3)nc(NC(C)C)c2C=N)c(=O)[nH]1. The van der Waals surface area contributed by atoms with E-state index in [1.165, 1.54) is 0 Å². The van der Waals surface area contributed by atoms with Crippen molar-refractivity contribution >= 4 is 29.4 Å². The van der Waals surface area contributed by atoms with E-state index in [4.69, 9.17) is 21.2 Å². The topological polar surface area (TPSA) is 177 Å². The molecule has 11 heteroatoms. The van der Waals surface area contributed by atoms with Gasteiger partial charge in [0.15, 0.2) is 0 Å². The quantitative estimate of drug-likeness (QED) is 0.255. The molecule has 0 saturated heterocycles. The van der Waals surface area contributed by atoms with Crippen molar-refractivity contribution in [2.24, 2.45) is 5.73 Å². The number of H-pyrrole nitrogens is 1. The number of anilines is 1. The highest BCUT2D eigenvalue weighted by molar-refractivity contribution is 6.05. The molecule has 1 atom stereocenters. The van der Waals surface area contributed by atoms with Gasteiger partial charge in [-0.05, 0) is 57.4 Å². The Bertz CT molecular complexity index is 1300. The molecule has 0 spiro atoms. The Morgan fingerprint density at radius 1 is 1.32 bits per heavy atom. The van der Waals surface area contributed by atoms with Gasteiger partial charge in [0.05, 0.1) is 17.9 Å². The summed E-state index contributed by atoms with van der Waals surface area (Å²) >= 11 is 0. The van der Waals surface area contributed by atoms with Crippen LogP contribution in [-0.4, -0.2) is 69.8 Å². The molecule has 2 aromatic heterocycles. The Kier molecular flexibility index (Phi) is 9.54. The van der Waals surface area contributed by atoms with E-state index in [0.29, 0.717) is 42.1 Å². The zero-order chi connectivity index (χ0) is 28.0. The van der Waals surface area contributed by atoms with Gasteiger partial charge in [0, 0.05) is 61.2 Å². The van der Waals surface area contributed by atoms with E-state index in [2.05, 4.69) is 15.6 Å². The Morgan fingerprint density at radius 3 is 2.63 bits per heavy atom. The Morgan fingerprint density at radius 2 is 2.05 bits per heavy atom. The van der Waals surface area contributed by atoms with E-state index in [1.54, 1.807) is 17.9 Å². The molecule has 0 radical (unpaired) electrons. The first-order chi connectivity index (χ1) is 18.0. The van der Waals surface area contributed by atoms with Gasteiger partial charge in [-0.1, -0.05) is 6.08 Å². The predicted octanol–water partition coefficient (Wildman–Crippen LogP) is 1.46. The summed E-state index contributed by atoms with van der Waals surface area (Å²) in [6.07, 6.45) is 3.59. The molecule has 1 aliphatic rings. The van der Waals surface area contributed by atoms with Crippen molar-refractivity contribution in [2.45, 2.75) is 59.2 Å². The summed E-state index contributed by atoms with van der Waals surface area (Å²) in [6, 6.07) is 2.92. The van der Waals surface area contributed by atoms with E-state index in [-0.39, 0.29) is 42.6 Å². The van der Waals surface area contributed by atoms with Crippen molar-refractivity contribution in [3.63, 3.8) is 0 Å². The lowest BCUT2D eigenvalue weighted by molar-refractivity contribution is -0.131. The molecule has 0 fully saturated rings. The fraction of sp³-hybridized carbons (Fsp3) is 0.444. The lowest BCUT2D eigenvalue weighted by Gasteiger charge is -2.27. The van der Waals surface area contributed by atoms with Gasteiger partial charge in [0.2, 0.25) is 5.91 Å².